The van der Waals surface area contributed by atoms with Crippen LogP contribution >= 0.6 is 23.4 Å². The number of hydrogen-bond acceptors (Lipinski definition) is 5. The monoisotopic (exact) mass is 418 g/mol. The van der Waals surface area contributed by atoms with Crippen molar-refractivity contribution in [2.24, 2.45) is 4.99 Å². The second kappa shape index (κ2) is 6.78. The van der Waals surface area contributed by atoms with Crippen LogP contribution in [0.4, 0.5) is 10.1 Å². The molecule has 0 aliphatic carbocycles. The van der Waals surface area contributed by atoms with E-state index >= 15 is 0 Å². The Morgan fingerprint density at radius 1 is 1.38 bits per heavy atom. The maximum Gasteiger partial charge on any atom is 0.277 e. The lowest BCUT2D eigenvalue weighted by molar-refractivity contribution is -0.126. The minimum atomic E-state index is -3.17. The lowest BCUT2D eigenvalue weighted by atomic mass is 10.2. The highest BCUT2D eigenvalue weighted by atomic mass is 35.5. The predicted molar refractivity (Wildman–Crippen MR) is 99.1 cm³/mol. The first-order valence-corrected chi connectivity index (χ1v) is 11.3. The Bertz CT molecular complexity index is 886. The third-order valence-electron chi connectivity index (χ3n) is 4.66. The number of halogens is 2. The van der Waals surface area contributed by atoms with Crippen LogP contribution in [0.25, 0.3) is 0 Å². The number of ether oxygens (including phenoxy) is 1. The molecular formula is C16H16ClFN2O4S2. The zero-order valence-electron chi connectivity index (χ0n) is 13.6. The molecule has 0 saturated carbocycles. The fourth-order valence-corrected chi connectivity index (χ4v) is 7.53. The summed E-state index contributed by atoms with van der Waals surface area (Å²) >= 11 is 7.16. The molecule has 1 aromatic rings. The Morgan fingerprint density at radius 2 is 2.19 bits per heavy atom. The molecule has 4 rings (SSSR count). The van der Waals surface area contributed by atoms with Gasteiger partial charge < -0.3 is 9.64 Å². The van der Waals surface area contributed by atoms with Crippen LogP contribution in [0, 0.1) is 5.82 Å². The standard InChI is InChI=1S/C16H16ClFN2O4S2/c17-10-6-9(3-4-11(10)18)20-12-7-26(22,23)8-14(12)25-16(20)19-15(21)13-2-1-5-24-13/h3-4,6,12-14H,1-2,5,7-8H2/t12-,13+,14-/m1/s1. The molecule has 6 nitrogen and oxygen atoms in total. The lowest BCUT2D eigenvalue weighted by Crippen LogP contribution is -2.38. The number of amidine groups is 1. The summed E-state index contributed by atoms with van der Waals surface area (Å²) in [6.45, 7) is 0.537. The summed E-state index contributed by atoms with van der Waals surface area (Å²) in [7, 11) is -3.17. The molecule has 0 radical (unpaired) electrons. The van der Waals surface area contributed by atoms with E-state index in [1.54, 1.807) is 4.90 Å². The topological polar surface area (TPSA) is 76.0 Å². The number of sulfone groups is 1. The molecule has 10 heteroatoms. The van der Waals surface area contributed by atoms with E-state index in [2.05, 4.69) is 4.99 Å². The Hall–Kier alpha value is -1.16. The number of carbonyl (C=O) groups is 1. The van der Waals surface area contributed by atoms with Crippen LogP contribution in [0.3, 0.4) is 0 Å². The molecule has 3 aliphatic rings. The van der Waals surface area contributed by atoms with Crippen molar-refractivity contribution in [1.29, 1.82) is 0 Å². The van der Waals surface area contributed by atoms with Crippen molar-refractivity contribution in [1.82, 2.24) is 0 Å². The lowest BCUT2D eigenvalue weighted by Gasteiger charge is -2.24. The summed E-state index contributed by atoms with van der Waals surface area (Å²) in [6.07, 6.45) is 0.893. The summed E-state index contributed by atoms with van der Waals surface area (Å²) in [5, 5.41) is 0.125. The fourth-order valence-electron chi connectivity index (χ4n) is 3.44. The van der Waals surface area contributed by atoms with Crippen molar-refractivity contribution in [3.05, 3.63) is 29.0 Å². The van der Waals surface area contributed by atoms with Crippen molar-refractivity contribution in [2.45, 2.75) is 30.2 Å². The Balaban J connectivity index is 1.70. The van der Waals surface area contributed by atoms with Gasteiger partial charge in [-0.2, -0.15) is 4.99 Å². The highest BCUT2D eigenvalue weighted by Crippen LogP contribution is 2.41. The van der Waals surface area contributed by atoms with Gasteiger partial charge in [0.25, 0.3) is 5.91 Å². The molecule has 3 atom stereocenters. The third-order valence-corrected chi connectivity index (χ3v) is 8.16. The van der Waals surface area contributed by atoms with E-state index in [0.29, 0.717) is 23.9 Å². The van der Waals surface area contributed by atoms with Crippen molar-refractivity contribution in [2.75, 3.05) is 23.0 Å². The SMILES string of the molecule is O=C(N=C1S[C@@H]2CS(=O)(=O)C[C@H]2N1c1ccc(F)c(Cl)c1)[C@@H]1CCCO1. The molecule has 0 spiro atoms. The van der Waals surface area contributed by atoms with Gasteiger partial charge in [0.05, 0.1) is 22.6 Å². The van der Waals surface area contributed by atoms with Gasteiger partial charge in [-0.15, -0.1) is 0 Å². The van der Waals surface area contributed by atoms with Crippen LogP contribution in [-0.4, -0.2) is 55.0 Å². The summed E-state index contributed by atoms with van der Waals surface area (Å²) in [5.74, 6) is -0.939. The van der Waals surface area contributed by atoms with Gasteiger partial charge in [0.15, 0.2) is 15.0 Å². The molecule has 140 valence electrons. The fraction of sp³-hybridized carbons (Fsp3) is 0.500. The van der Waals surface area contributed by atoms with Gasteiger partial charge in [-0.25, -0.2) is 12.8 Å². The Kier molecular flexibility index (Phi) is 4.75. The summed E-state index contributed by atoms with van der Waals surface area (Å²) < 4.78 is 43.0. The number of rotatable bonds is 2. The zero-order valence-corrected chi connectivity index (χ0v) is 16.0. The number of benzene rings is 1. The second-order valence-electron chi connectivity index (χ2n) is 6.50. The number of nitrogens with zero attached hydrogens (tertiary/aromatic N) is 2. The predicted octanol–water partition coefficient (Wildman–Crippen LogP) is 2.26. The van der Waals surface area contributed by atoms with Gasteiger partial charge >= 0.3 is 0 Å². The van der Waals surface area contributed by atoms with E-state index < -0.39 is 21.8 Å². The molecule has 0 bridgehead atoms. The van der Waals surface area contributed by atoms with Crippen molar-refractivity contribution in [3.8, 4) is 0 Å². The molecule has 0 N–H and O–H groups in total. The third kappa shape index (κ3) is 3.37. The molecule has 0 aromatic heterocycles. The maximum atomic E-state index is 13.5. The van der Waals surface area contributed by atoms with Gasteiger partial charge in [0.2, 0.25) is 0 Å². The van der Waals surface area contributed by atoms with Gasteiger partial charge in [0.1, 0.15) is 11.9 Å². The van der Waals surface area contributed by atoms with Crippen molar-refractivity contribution < 1.29 is 22.3 Å². The first-order chi connectivity index (χ1) is 12.3. The number of amides is 1. The van der Waals surface area contributed by atoms with E-state index in [-0.39, 0.29) is 33.7 Å². The average molecular weight is 419 g/mol. The smallest absolute Gasteiger partial charge is 0.277 e. The zero-order chi connectivity index (χ0) is 18.5. The van der Waals surface area contributed by atoms with Crippen LogP contribution < -0.4 is 4.90 Å². The van der Waals surface area contributed by atoms with Gasteiger partial charge in [0, 0.05) is 17.5 Å². The Morgan fingerprint density at radius 3 is 2.88 bits per heavy atom. The number of hydrogen-bond donors (Lipinski definition) is 0. The first-order valence-electron chi connectivity index (χ1n) is 8.19. The quantitative estimate of drug-likeness (QED) is 0.733. The van der Waals surface area contributed by atoms with E-state index in [9.17, 15) is 17.6 Å². The van der Waals surface area contributed by atoms with E-state index in [0.717, 1.165) is 6.42 Å². The number of aliphatic imine (C=N–C) groups is 1. The van der Waals surface area contributed by atoms with E-state index in [1.807, 2.05) is 0 Å². The first kappa shape index (κ1) is 18.2. The number of thioether (sulfide) groups is 1. The number of carbonyl (C=O) groups excluding carboxylic acids is 1. The highest BCUT2D eigenvalue weighted by molar-refractivity contribution is 8.16. The van der Waals surface area contributed by atoms with E-state index in [1.165, 1.54) is 30.0 Å². The second-order valence-corrected chi connectivity index (χ2v) is 10.3. The average Bonchev–Trinajstić information content (AvgIpc) is 3.25. The van der Waals surface area contributed by atoms with Crippen molar-refractivity contribution >= 4 is 50.0 Å². The summed E-state index contributed by atoms with van der Waals surface area (Å²) in [5.41, 5.74) is 0.521. The minimum absolute atomic E-state index is 0.0287. The highest BCUT2D eigenvalue weighted by Gasteiger charge is 2.49. The number of anilines is 1. The van der Waals surface area contributed by atoms with E-state index in [4.69, 9.17) is 16.3 Å². The van der Waals surface area contributed by atoms with Crippen molar-refractivity contribution in [3.63, 3.8) is 0 Å². The number of fused-ring (bicyclic) bond motifs is 1. The van der Waals surface area contributed by atoms with Crippen LogP contribution in [0.15, 0.2) is 23.2 Å². The van der Waals surface area contributed by atoms with Gasteiger partial charge in [-0.1, -0.05) is 23.4 Å². The normalized spacial score (nSPS) is 31.5. The maximum absolute atomic E-state index is 13.5. The summed E-state index contributed by atoms with van der Waals surface area (Å²) in [6, 6.07) is 3.80. The molecule has 3 fully saturated rings. The van der Waals surface area contributed by atoms with Crippen LogP contribution in [0.2, 0.25) is 5.02 Å². The van der Waals surface area contributed by atoms with Crippen LogP contribution in [0.1, 0.15) is 12.8 Å². The molecule has 3 aliphatic heterocycles. The van der Waals surface area contributed by atoms with Gasteiger partial charge in [-0.05, 0) is 31.0 Å². The molecule has 1 aromatic carbocycles. The molecule has 3 heterocycles. The molecule has 0 unspecified atom stereocenters. The molecule has 26 heavy (non-hydrogen) atoms. The molecule has 3 saturated heterocycles. The van der Waals surface area contributed by atoms with Crippen LogP contribution in [-0.2, 0) is 19.4 Å². The molecular weight excluding hydrogens is 403 g/mol. The molecule has 1 amide bonds. The largest absolute Gasteiger partial charge is 0.368 e. The van der Waals surface area contributed by atoms with Gasteiger partial charge in [-0.3, -0.25) is 4.79 Å². The van der Waals surface area contributed by atoms with Crippen LogP contribution in [0.5, 0.6) is 0 Å². The summed E-state index contributed by atoms with van der Waals surface area (Å²) in [4.78, 5) is 18.3. The Labute approximate surface area is 159 Å². The minimum Gasteiger partial charge on any atom is -0.368 e.